The van der Waals surface area contributed by atoms with Gasteiger partial charge in [-0.1, -0.05) is 260 Å². The van der Waals surface area contributed by atoms with Crippen LogP contribution in [0.25, 0.3) is 132 Å². The van der Waals surface area contributed by atoms with Crippen molar-refractivity contribution >= 4 is 99.5 Å². The maximum Gasteiger partial charge on any atom is 0.159 e. The second-order valence-electron chi connectivity index (χ2n) is 27.6. The molecule has 0 bridgehead atoms. The normalized spacial score (nSPS) is 12.3. The van der Waals surface area contributed by atoms with Crippen molar-refractivity contribution in [2.45, 2.75) is 66.2 Å². The van der Waals surface area contributed by atoms with Crippen LogP contribution in [0.15, 0.2) is 288 Å². The molecule has 0 fully saturated rings. The molecule has 2 heterocycles. The highest BCUT2D eigenvalue weighted by atomic mass is 16.3. The Morgan fingerprint density at radius 3 is 0.915 bits per heavy atom. The fourth-order valence-electron chi connectivity index (χ4n) is 15.1. The van der Waals surface area contributed by atoms with Crippen molar-refractivity contribution in [1.29, 1.82) is 0 Å². The van der Waals surface area contributed by atoms with E-state index in [1.54, 1.807) is 0 Å². The number of hydrogen-bond donors (Lipinski definition) is 0. The molecule has 0 amide bonds. The minimum Gasteiger partial charge on any atom is -0.454 e. The van der Waals surface area contributed by atoms with Gasteiger partial charge in [-0.25, -0.2) is 0 Å². The fourth-order valence-corrected chi connectivity index (χ4v) is 15.1. The van der Waals surface area contributed by atoms with Crippen LogP contribution in [0.5, 0.6) is 0 Å². The largest absolute Gasteiger partial charge is 0.454 e. The Morgan fingerprint density at radius 1 is 0.245 bits per heavy atom. The van der Waals surface area contributed by atoms with Gasteiger partial charge in [-0.15, -0.1) is 0 Å². The average molecular weight is 1210 g/mol. The number of para-hydroxylation sites is 4. The lowest BCUT2D eigenvalue weighted by Crippen LogP contribution is -2.16. The number of furan rings is 2. The van der Waals surface area contributed by atoms with Gasteiger partial charge in [0.15, 0.2) is 11.2 Å². The Kier molecular flexibility index (Phi) is 13.1. The second-order valence-corrected chi connectivity index (χ2v) is 27.6. The number of fused-ring (bicyclic) bond motifs is 12. The Morgan fingerprint density at radius 2 is 0.564 bits per heavy atom. The first kappa shape index (κ1) is 56.8. The fraction of sp³-hybridized carbons (Fsp3) is 0.111. The first-order valence-corrected chi connectivity index (χ1v) is 32.9. The predicted molar refractivity (Wildman–Crippen MR) is 398 cm³/mol. The summed E-state index contributed by atoms with van der Waals surface area (Å²) in [5, 5.41) is 9.04. The Hall–Kier alpha value is -11.2. The highest BCUT2D eigenvalue weighted by Crippen LogP contribution is 2.66. The van der Waals surface area contributed by atoms with Crippen molar-refractivity contribution in [1.82, 2.24) is 0 Å². The first-order chi connectivity index (χ1) is 45.8. The van der Waals surface area contributed by atoms with E-state index >= 15 is 0 Å². The molecule has 94 heavy (non-hydrogen) atoms. The molecule has 17 rings (SSSR count). The van der Waals surface area contributed by atoms with Crippen LogP contribution < -0.4 is 9.80 Å². The van der Waals surface area contributed by atoms with Crippen molar-refractivity contribution < 1.29 is 8.83 Å². The molecule has 0 N–H and O–H groups in total. The molecule has 452 valence electrons. The zero-order chi connectivity index (χ0) is 63.7. The second kappa shape index (κ2) is 21.7. The molecular weight excluding hydrogens is 1140 g/mol. The summed E-state index contributed by atoms with van der Waals surface area (Å²) in [7, 11) is 0. The lowest BCUT2D eigenvalue weighted by molar-refractivity contribution is 0.590. The molecule has 0 radical (unpaired) electrons. The molecule has 0 unspecified atom stereocenters. The highest BCUT2D eigenvalue weighted by Gasteiger charge is 2.40. The van der Waals surface area contributed by atoms with Crippen molar-refractivity contribution in [3.63, 3.8) is 0 Å². The van der Waals surface area contributed by atoms with Gasteiger partial charge in [0.05, 0.1) is 11.4 Å². The number of nitrogens with zero attached hydrogens (tertiary/aromatic N) is 2. The van der Waals surface area contributed by atoms with Crippen LogP contribution >= 0.6 is 0 Å². The van der Waals surface area contributed by atoms with E-state index in [9.17, 15) is 0 Å². The van der Waals surface area contributed by atoms with Crippen molar-refractivity contribution in [3.05, 3.63) is 301 Å². The third kappa shape index (κ3) is 9.02. The molecule has 0 saturated carbocycles. The molecule has 4 nitrogen and oxygen atoms in total. The summed E-state index contributed by atoms with van der Waals surface area (Å²) in [4.78, 5) is 4.93. The summed E-state index contributed by atoms with van der Waals surface area (Å²) in [5.74, 6) is 0. The van der Waals surface area contributed by atoms with Crippen LogP contribution in [0.2, 0.25) is 0 Å². The lowest BCUT2D eigenvalue weighted by Gasteiger charge is -2.38. The Labute approximate surface area is 549 Å². The lowest BCUT2D eigenvalue weighted by atomic mass is 9.65. The van der Waals surface area contributed by atoms with E-state index in [0.29, 0.717) is 0 Å². The molecular formula is C90H70N2O2. The number of benzene rings is 14. The molecule has 0 spiro atoms. The third-order valence-corrected chi connectivity index (χ3v) is 19.7. The van der Waals surface area contributed by atoms with Gasteiger partial charge in [-0.3, -0.25) is 0 Å². The number of hydrogen-bond acceptors (Lipinski definition) is 4. The molecule has 0 saturated heterocycles. The summed E-state index contributed by atoms with van der Waals surface area (Å²) < 4.78 is 14.0. The van der Waals surface area contributed by atoms with Crippen LogP contribution in [0.3, 0.4) is 0 Å². The maximum atomic E-state index is 6.99. The van der Waals surface area contributed by atoms with E-state index in [-0.39, 0.29) is 10.8 Å². The van der Waals surface area contributed by atoms with Gasteiger partial charge in [-0.05, 0) is 196 Å². The molecule has 2 aromatic heterocycles. The van der Waals surface area contributed by atoms with E-state index in [2.05, 4.69) is 344 Å². The SMILES string of the molecule is Cc1ccc(C(C)(C)C)cc1N(c1ccc2c(-c3ccccc3)c3c(c(-c4ccccc4)c2c1)-c1c-3c(-c2ccccc2)c2cc(N(c3cc(C(C)(C)C)ccc3C)c3cccc4c3oc3ccccc34)ccc2c1-c1ccccc1)c1cccc2c1oc1ccccc12. The first-order valence-electron chi connectivity index (χ1n) is 32.9. The molecule has 1 aliphatic carbocycles. The summed E-state index contributed by atoms with van der Waals surface area (Å²) in [6.45, 7) is 18.3. The number of anilines is 6. The van der Waals surface area contributed by atoms with Crippen molar-refractivity contribution in [2.75, 3.05) is 9.80 Å². The van der Waals surface area contributed by atoms with Crippen molar-refractivity contribution in [3.8, 4) is 66.8 Å². The Bertz CT molecular complexity index is 5340. The molecule has 4 heteroatoms. The number of rotatable bonds is 10. The van der Waals surface area contributed by atoms with E-state index < -0.39 is 0 Å². The van der Waals surface area contributed by atoms with E-state index in [0.717, 1.165) is 111 Å². The standard InChI is InChI=1S/C90H70N2O2/c1-55-43-45-61(89(3,4)5)51-75(55)91(73-39-25-37-69-65-35-21-23-41-77(65)93-87(69)73)63-47-49-67-71(53-63)81(59-31-17-11-18-32-59)85-83(79(67)57-27-13-9-14-28-57)86-82(60-33-19-12-20-34-60)72-54-64(48-50-68(72)80(84(85)86)58-29-15-10-16-30-58)92(76-52-62(90(6,7)8)46-44-56(76)2)74-40-26-38-70-66-36-22-24-42-78(66)94-88(70)74/h9-54H,1-8H3. The predicted octanol–water partition coefficient (Wildman–Crippen LogP) is 26.3. The van der Waals surface area contributed by atoms with Crippen LogP contribution in [0, 0.1) is 13.8 Å². The van der Waals surface area contributed by atoms with Gasteiger partial charge in [0.1, 0.15) is 11.2 Å². The molecule has 16 aromatic rings. The quantitative estimate of drug-likeness (QED) is 0.137. The van der Waals surface area contributed by atoms with Gasteiger partial charge in [0.25, 0.3) is 0 Å². The van der Waals surface area contributed by atoms with Gasteiger partial charge in [0.2, 0.25) is 0 Å². The monoisotopic (exact) mass is 1210 g/mol. The number of aryl methyl sites for hydroxylation is 2. The summed E-state index contributed by atoms with van der Waals surface area (Å²) in [6, 6.07) is 103. The summed E-state index contributed by atoms with van der Waals surface area (Å²) in [6.07, 6.45) is 0. The summed E-state index contributed by atoms with van der Waals surface area (Å²) in [5.41, 5.74) is 28.8. The maximum absolute atomic E-state index is 6.99. The van der Waals surface area contributed by atoms with Crippen LogP contribution in [-0.2, 0) is 10.8 Å². The van der Waals surface area contributed by atoms with E-state index in [1.807, 2.05) is 0 Å². The van der Waals surface area contributed by atoms with E-state index in [4.69, 9.17) is 8.83 Å². The smallest absolute Gasteiger partial charge is 0.159 e. The average Bonchev–Trinajstić information content (AvgIpc) is 0.685. The highest BCUT2D eigenvalue weighted by molar-refractivity contribution is 6.33. The third-order valence-electron chi connectivity index (χ3n) is 19.7. The zero-order valence-corrected chi connectivity index (χ0v) is 54.3. The minimum atomic E-state index is -0.106. The van der Waals surface area contributed by atoms with Gasteiger partial charge in [0, 0.05) is 44.3 Å². The minimum absolute atomic E-state index is 0.106. The molecule has 0 aliphatic heterocycles. The molecule has 1 aliphatic rings. The van der Waals surface area contributed by atoms with Crippen molar-refractivity contribution in [2.24, 2.45) is 0 Å². The van der Waals surface area contributed by atoms with E-state index in [1.165, 1.54) is 77.5 Å². The Balaban J connectivity index is 1.00. The van der Waals surface area contributed by atoms with Gasteiger partial charge >= 0.3 is 0 Å². The van der Waals surface area contributed by atoms with Gasteiger partial charge in [-0.2, -0.15) is 0 Å². The molecule has 14 aromatic carbocycles. The molecule has 0 atom stereocenters. The van der Waals surface area contributed by atoms with Crippen LogP contribution in [0.4, 0.5) is 34.1 Å². The zero-order valence-electron chi connectivity index (χ0n) is 54.3. The van der Waals surface area contributed by atoms with Crippen LogP contribution in [0.1, 0.15) is 63.8 Å². The van der Waals surface area contributed by atoms with Gasteiger partial charge < -0.3 is 18.6 Å². The summed E-state index contributed by atoms with van der Waals surface area (Å²) >= 11 is 0. The topological polar surface area (TPSA) is 32.8 Å². The van der Waals surface area contributed by atoms with Crippen LogP contribution in [-0.4, -0.2) is 0 Å².